The third-order valence-corrected chi connectivity index (χ3v) is 2.64. The van der Waals surface area contributed by atoms with Crippen molar-refractivity contribution in [2.45, 2.75) is 0 Å². The first kappa shape index (κ1) is 11.2. The number of nitriles is 1. The van der Waals surface area contributed by atoms with Crippen LogP contribution >= 0.6 is 11.6 Å². The van der Waals surface area contributed by atoms with Gasteiger partial charge in [-0.05, 0) is 30.3 Å². The van der Waals surface area contributed by atoms with Gasteiger partial charge in [0.15, 0.2) is 0 Å². The zero-order valence-electron chi connectivity index (χ0n) is 8.59. The number of hydrogen-bond acceptors (Lipinski definition) is 2. The molecule has 5 heteroatoms. The summed E-state index contributed by atoms with van der Waals surface area (Å²) in [5, 5.41) is 18.2. The molecule has 1 aromatic heterocycles. The van der Waals surface area contributed by atoms with Gasteiger partial charge in [0.25, 0.3) is 0 Å². The van der Waals surface area contributed by atoms with Gasteiger partial charge in [-0.25, -0.2) is 4.79 Å². The summed E-state index contributed by atoms with van der Waals surface area (Å²) in [6.07, 6.45) is 1.66. The molecule has 0 atom stereocenters. The van der Waals surface area contributed by atoms with Crippen LogP contribution in [0.5, 0.6) is 0 Å². The number of rotatable bonds is 2. The van der Waals surface area contributed by atoms with Gasteiger partial charge in [0.2, 0.25) is 0 Å². The fraction of sp³-hybridized carbons (Fsp3) is 0. The Kier molecular flexibility index (Phi) is 2.86. The molecule has 0 spiro atoms. The number of benzene rings is 1. The second kappa shape index (κ2) is 4.32. The second-order valence-electron chi connectivity index (χ2n) is 3.35. The molecule has 0 bridgehead atoms. The van der Waals surface area contributed by atoms with Crippen LogP contribution in [0.15, 0.2) is 36.5 Å². The summed E-state index contributed by atoms with van der Waals surface area (Å²) >= 11 is 6.00. The molecule has 1 N–H and O–H groups in total. The van der Waals surface area contributed by atoms with Gasteiger partial charge >= 0.3 is 5.97 Å². The van der Waals surface area contributed by atoms with E-state index in [1.165, 1.54) is 18.2 Å². The Morgan fingerprint density at radius 2 is 2.18 bits per heavy atom. The van der Waals surface area contributed by atoms with Crippen LogP contribution in [-0.2, 0) is 0 Å². The van der Waals surface area contributed by atoms with E-state index in [0.29, 0.717) is 16.4 Å². The number of carboxylic acids is 1. The lowest BCUT2D eigenvalue weighted by molar-refractivity contribution is 0.0697. The number of aromatic carboxylic acids is 1. The summed E-state index contributed by atoms with van der Waals surface area (Å²) < 4.78 is 1.55. The molecule has 84 valence electrons. The second-order valence-corrected chi connectivity index (χ2v) is 3.75. The van der Waals surface area contributed by atoms with E-state index in [2.05, 4.69) is 0 Å². The number of carboxylic acid groups (broad SMARTS) is 1. The highest BCUT2D eigenvalue weighted by molar-refractivity contribution is 6.32. The van der Waals surface area contributed by atoms with E-state index in [4.69, 9.17) is 22.0 Å². The highest BCUT2D eigenvalue weighted by atomic mass is 35.5. The number of aromatic nitrogens is 1. The maximum atomic E-state index is 10.9. The van der Waals surface area contributed by atoms with Gasteiger partial charge in [-0.15, -0.1) is 0 Å². The van der Waals surface area contributed by atoms with Crippen molar-refractivity contribution >= 4 is 17.6 Å². The van der Waals surface area contributed by atoms with Crippen LogP contribution < -0.4 is 0 Å². The molecule has 0 aliphatic rings. The summed E-state index contributed by atoms with van der Waals surface area (Å²) in [4.78, 5) is 10.9. The standard InChI is InChI=1S/C12H7ClN2O2/c13-10-4-3-8(12(16)17)6-11(10)15-5-1-2-9(15)7-14/h1-6H,(H,16,17). The smallest absolute Gasteiger partial charge is 0.335 e. The molecular formula is C12H7ClN2O2. The van der Waals surface area contributed by atoms with Gasteiger partial charge in [-0.1, -0.05) is 11.6 Å². The molecule has 0 aliphatic heterocycles. The van der Waals surface area contributed by atoms with E-state index in [0.717, 1.165) is 0 Å². The van der Waals surface area contributed by atoms with Gasteiger partial charge in [-0.2, -0.15) is 5.26 Å². The lowest BCUT2D eigenvalue weighted by Gasteiger charge is -2.08. The first-order chi connectivity index (χ1) is 8.13. The number of halogens is 1. The summed E-state index contributed by atoms with van der Waals surface area (Å²) in [6.45, 7) is 0. The lowest BCUT2D eigenvalue weighted by Crippen LogP contribution is -2.01. The molecule has 4 nitrogen and oxygen atoms in total. The van der Waals surface area contributed by atoms with Crippen molar-refractivity contribution in [3.05, 3.63) is 52.8 Å². The zero-order chi connectivity index (χ0) is 12.4. The zero-order valence-corrected chi connectivity index (χ0v) is 9.35. The van der Waals surface area contributed by atoms with Gasteiger partial charge in [0, 0.05) is 6.20 Å². The Labute approximate surface area is 102 Å². The van der Waals surface area contributed by atoms with E-state index in [9.17, 15) is 4.79 Å². The van der Waals surface area contributed by atoms with Crippen LogP contribution in [-0.4, -0.2) is 15.6 Å². The van der Waals surface area contributed by atoms with E-state index < -0.39 is 5.97 Å². The first-order valence-electron chi connectivity index (χ1n) is 4.74. The maximum absolute atomic E-state index is 10.9. The minimum absolute atomic E-state index is 0.127. The fourth-order valence-electron chi connectivity index (χ4n) is 1.51. The van der Waals surface area contributed by atoms with Crippen LogP contribution in [0.2, 0.25) is 5.02 Å². The van der Waals surface area contributed by atoms with E-state index in [1.807, 2.05) is 6.07 Å². The molecule has 0 amide bonds. The molecule has 17 heavy (non-hydrogen) atoms. The molecule has 0 fully saturated rings. The van der Waals surface area contributed by atoms with Crippen LogP contribution in [0, 0.1) is 11.3 Å². The van der Waals surface area contributed by atoms with Crippen molar-refractivity contribution in [3.63, 3.8) is 0 Å². The predicted molar refractivity (Wildman–Crippen MR) is 62.5 cm³/mol. The molecule has 2 aromatic rings. The Hall–Kier alpha value is -2.25. The summed E-state index contributed by atoms with van der Waals surface area (Å²) in [7, 11) is 0. The lowest BCUT2D eigenvalue weighted by atomic mass is 10.2. The molecule has 0 aliphatic carbocycles. The van der Waals surface area contributed by atoms with Crippen molar-refractivity contribution in [1.82, 2.24) is 4.57 Å². The number of nitrogens with zero attached hydrogens (tertiary/aromatic N) is 2. The molecule has 0 unspecified atom stereocenters. The van der Waals surface area contributed by atoms with E-state index in [1.54, 1.807) is 22.9 Å². The highest BCUT2D eigenvalue weighted by Gasteiger charge is 2.10. The Morgan fingerprint density at radius 3 is 2.82 bits per heavy atom. The minimum atomic E-state index is -1.03. The van der Waals surface area contributed by atoms with Gasteiger partial charge in [0.05, 0.1) is 16.3 Å². The summed E-state index contributed by atoms with van der Waals surface area (Å²) in [5.74, 6) is -1.03. The quantitative estimate of drug-likeness (QED) is 0.886. The van der Waals surface area contributed by atoms with Gasteiger partial charge in [-0.3, -0.25) is 0 Å². The average Bonchev–Trinajstić information content (AvgIpc) is 2.77. The van der Waals surface area contributed by atoms with E-state index >= 15 is 0 Å². The largest absolute Gasteiger partial charge is 0.478 e. The molecule has 0 radical (unpaired) electrons. The summed E-state index contributed by atoms with van der Waals surface area (Å²) in [6, 6.07) is 9.69. The van der Waals surface area contributed by atoms with Crippen LogP contribution in [0.1, 0.15) is 16.1 Å². The Bertz CT molecular complexity index is 626. The molecule has 0 saturated carbocycles. The third-order valence-electron chi connectivity index (χ3n) is 2.32. The molecule has 0 saturated heterocycles. The van der Waals surface area contributed by atoms with Crippen LogP contribution in [0.4, 0.5) is 0 Å². The topological polar surface area (TPSA) is 66.0 Å². The fourth-order valence-corrected chi connectivity index (χ4v) is 1.72. The van der Waals surface area contributed by atoms with Crippen molar-refractivity contribution in [1.29, 1.82) is 5.26 Å². The SMILES string of the molecule is N#Cc1cccn1-c1cc(C(=O)O)ccc1Cl. The van der Waals surface area contributed by atoms with Crippen molar-refractivity contribution in [3.8, 4) is 11.8 Å². The Morgan fingerprint density at radius 1 is 1.41 bits per heavy atom. The third kappa shape index (κ3) is 2.01. The predicted octanol–water partition coefficient (Wildman–Crippen LogP) is 2.70. The maximum Gasteiger partial charge on any atom is 0.335 e. The van der Waals surface area contributed by atoms with Crippen molar-refractivity contribution < 1.29 is 9.90 Å². The molecule has 2 rings (SSSR count). The average molecular weight is 247 g/mol. The number of hydrogen-bond donors (Lipinski definition) is 1. The van der Waals surface area contributed by atoms with E-state index in [-0.39, 0.29) is 5.56 Å². The number of carbonyl (C=O) groups is 1. The first-order valence-corrected chi connectivity index (χ1v) is 5.12. The highest BCUT2D eigenvalue weighted by Crippen LogP contribution is 2.23. The van der Waals surface area contributed by atoms with Crippen LogP contribution in [0.25, 0.3) is 5.69 Å². The molecule has 1 heterocycles. The molecular weight excluding hydrogens is 240 g/mol. The molecule has 1 aromatic carbocycles. The summed E-state index contributed by atoms with van der Waals surface area (Å²) in [5.41, 5.74) is 1.00. The Balaban J connectivity index is 2.63. The van der Waals surface area contributed by atoms with Gasteiger partial charge in [0.1, 0.15) is 11.8 Å². The van der Waals surface area contributed by atoms with Crippen molar-refractivity contribution in [2.24, 2.45) is 0 Å². The van der Waals surface area contributed by atoms with Crippen molar-refractivity contribution in [2.75, 3.05) is 0 Å². The monoisotopic (exact) mass is 246 g/mol. The minimum Gasteiger partial charge on any atom is -0.478 e. The normalized spacial score (nSPS) is 9.88. The van der Waals surface area contributed by atoms with Crippen LogP contribution in [0.3, 0.4) is 0 Å². The van der Waals surface area contributed by atoms with Gasteiger partial charge < -0.3 is 9.67 Å².